The number of amides is 2. The molecule has 2 aliphatic heterocycles. The number of hydrogen-bond acceptors (Lipinski definition) is 4. The van der Waals surface area contributed by atoms with Crippen LogP contribution in [0.4, 0.5) is 0 Å². The second-order valence-corrected chi connectivity index (χ2v) is 8.87. The van der Waals surface area contributed by atoms with Gasteiger partial charge in [0.25, 0.3) is 0 Å². The topological polar surface area (TPSA) is 98.7 Å². The highest BCUT2D eigenvalue weighted by atomic mass is 35.5. The van der Waals surface area contributed by atoms with E-state index in [-0.39, 0.29) is 36.7 Å². The number of carbonyl (C=O) groups excluding carboxylic acids is 2. The van der Waals surface area contributed by atoms with E-state index in [1.54, 1.807) is 11.0 Å². The van der Waals surface area contributed by atoms with E-state index in [2.05, 4.69) is 10.6 Å². The van der Waals surface area contributed by atoms with Gasteiger partial charge in [0.05, 0.1) is 11.8 Å². The number of carboxylic acid groups (broad SMARTS) is 1. The Morgan fingerprint density at radius 2 is 1.88 bits per heavy atom. The Morgan fingerprint density at radius 1 is 1.15 bits per heavy atom. The number of piperidine rings is 2. The lowest BCUT2D eigenvalue weighted by Gasteiger charge is -2.31. The molecular weight excluding hydrogens is 442 g/mol. The van der Waals surface area contributed by atoms with Crippen molar-refractivity contribution < 1.29 is 19.5 Å². The Morgan fingerprint density at radius 3 is 2.58 bits per heavy atom. The zero-order valence-electron chi connectivity index (χ0n) is 19.1. The van der Waals surface area contributed by atoms with Crippen LogP contribution >= 0.6 is 12.4 Å². The minimum atomic E-state index is -0.898. The van der Waals surface area contributed by atoms with Gasteiger partial charge in [0.15, 0.2) is 0 Å². The molecule has 3 N–H and O–H groups in total. The number of likely N-dealkylation sites (tertiary alicyclic amines) is 1. The molecule has 2 atom stereocenters. The van der Waals surface area contributed by atoms with Gasteiger partial charge in [-0.25, -0.2) is 0 Å². The third kappa shape index (κ3) is 8.82. The number of halogens is 1. The zero-order valence-corrected chi connectivity index (χ0v) is 19.9. The van der Waals surface area contributed by atoms with E-state index in [1.807, 2.05) is 36.4 Å². The smallest absolute Gasteiger partial charge is 0.308 e. The molecule has 1 aromatic carbocycles. The second-order valence-electron chi connectivity index (χ2n) is 8.87. The molecule has 182 valence electrons. The molecule has 0 saturated carbocycles. The molecule has 7 nitrogen and oxygen atoms in total. The molecule has 0 spiro atoms. The average molecular weight is 478 g/mol. The van der Waals surface area contributed by atoms with Crippen molar-refractivity contribution in [2.24, 2.45) is 17.8 Å². The maximum Gasteiger partial charge on any atom is 0.308 e. The van der Waals surface area contributed by atoms with Crippen LogP contribution in [0.15, 0.2) is 42.5 Å². The summed E-state index contributed by atoms with van der Waals surface area (Å²) < 4.78 is 0. The summed E-state index contributed by atoms with van der Waals surface area (Å²) in [6.07, 6.45) is 8.39. The van der Waals surface area contributed by atoms with Crippen molar-refractivity contribution >= 4 is 30.2 Å². The summed E-state index contributed by atoms with van der Waals surface area (Å²) in [7, 11) is 0. The first-order valence-electron chi connectivity index (χ1n) is 11.7. The molecule has 2 amide bonds. The quantitative estimate of drug-likeness (QED) is 0.475. The number of aliphatic carboxylic acids is 1. The van der Waals surface area contributed by atoms with Gasteiger partial charge in [0.1, 0.15) is 0 Å². The lowest BCUT2D eigenvalue weighted by Crippen LogP contribution is -2.46. The summed E-state index contributed by atoms with van der Waals surface area (Å²) in [6, 6.07) is 9.75. The van der Waals surface area contributed by atoms with E-state index in [1.165, 1.54) is 0 Å². The number of carbonyl (C=O) groups is 3. The van der Waals surface area contributed by atoms with Crippen LogP contribution in [0, 0.1) is 17.8 Å². The minimum absolute atomic E-state index is 0. The molecule has 2 heterocycles. The summed E-state index contributed by atoms with van der Waals surface area (Å²) in [5, 5.41) is 15.7. The van der Waals surface area contributed by atoms with Gasteiger partial charge in [-0.2, -0.15) is 0 Å². The zero-order chi connectivity index (χ0) is 22.8. The molecule has 33 heavy (non-hydrogen) atoms. The highest BCUT2D eigenvalue weighted by molar-refractivity contribution is 5.88. The normalized spacial score (nSPS) is 20.1. The van der Waals surface area contributed by atoms with Crippen LogP contribution in [0.5, 0.6) is 0 Å². The molecule has 2 aliphatic rings. The molecule has 1 aromatic rings. The van der Waals surface area contributed by atoms with E-state index in [0.717, 1.165) is 44.3 Å². The number of allylic oxidation sites excluding steroid dienone is 1. The Hall–Kier alpha value is -2.38. The van der Waals surface area contributed by atoms with Gasteiger partial charge in [0.2, 0.25) is 11.8 Å². The maximum atomic E-state index is 12.7. The summed E-state index contributed by atoms with van der Waals surface area (Å²) >= 11 is 0. The van der Waals surface area contributed by atoms with E-state index in [4.69, 9.17) is 0 Å². The predicted octanol–water partition coefficient (Wildman–Crippen LogP) is 2.65. The predicted molar refractivity (Wildman–Crippen MR) is 130 cm³/mol. The molecule has 2 fully saturated rings. The Kier molecular flexibility index (Phi) is 11.4. The van der Waals surface area contributed by atoms with Gasteiger partial charge in [-0.15, -0.1) is 12.4 Å². The van der Waals surface area contributed by atoms with Crippen molar-refractivity contribution in [2.75, 3.05) is 32.7 Å². The van der Waals surface area contributed by atoms with Gasteiger partial charge in [-0.3, -0.25) is 14.4 Å². The highest BCUT2D eigenvalue weighted by Gasteiger charge is 2.28. The van der Waals surface area contributed by atoms with Crippen molar-refractivity contribution in [3.8, 4) is 0 Å². The van der Waals surface area contributed by atoms with Crippen LogP contribution in [-0.4, -0.2) is 60.5 Å². The monoisotopic (exact) mass is 477 g/mol. The summed E-state index contributed by atoms with van der Waals surface area (Å²) in [4.78, 5) is 38.7. The summed E-state index contributed by atoms with van der Waals surface area (Å²) in [5.41, 5.74) is 1.09. The molecule has 0 radical (unpaired) electrons. The van der Waals surface area contributed by atoms with Gasteiger partial charge < -0.3 is 20.6 Å². The van der Waals surface area contributed by atoms with Crippen molar-refractivity contribution in [1.29, 1.82) is 0 Å². The fourth-order valence-electron chi connectivity index (χ4n) is 4.42. The molecule has 2 saturated heterocycles. The molecule has 0 unspecified atom stereocenters. The summed E-state index contributed by atoms with van der Waals surface area (Å²) in [5.74, 6) is -1.57. The van der Waals surface area contributed by atoms with Crippen LogP contribution in [0.1, 0.15) is 37.7 Å². The Labute approximate surface area is 202 Å². The molecule has 0 bridgehead atoms. The molecule has 3 rings (SSSR count). The number of carboxylic acids is 1. The number of benzene rings is 1. The number of aryl methyl sites for hydroxylation is 1. The van der Waals surface area contributed by atoms with Crippen molar-refractivity contribution in [3.63, 3.8) is 0 Å². The summed E-state index contributed by atoms with van der Waals surface area (Å²) in [6.45, 7) is 3.13. The van der Waals surface area contributed by atoms with Crippen LogP contribution in [0.2, 0.25) is 0 Å². The fraction of sp³-hybridized carbons (Fsp3) is 0.560. The first-order chi connectivity index (χ1) is 15.5. The Balaban J connectivity index is 0.00000385. The SMILES string of the molecule is Cl.O=C(O)[C@H](CCc1ccccc1)CNC(=O)[C@@H]1CCCN(C(=O)/C=C/C2CCNCC2)C1. The van der Waals surface area contributed by atoms with Gasteiger partial charge >= 0.3 is 5.97 Å². The maximum absolute atomic E-state index is 12.7. The highest BCUT2D eigenvalue weighted by Crippen LogP contribution is 2.19. The van der Waals surface area contributed by atoms with Gasteiger partial charge in [-0.1, -0.05) is 36.4 Å². The van der Waals surface area contributed by atoms with E-state index in [9.17, 15) is 19.5 Å². The second kappa shape index (κ2) is 14.0. The molecule has 0 aromatic heterocycles. The lowest BCUT2D eigenvalue weighted by molar-refractivity contribution is -0.142. The molecular formula is C25H36ClN3O4. The number of rotatable bonds is 9. The van der Waals surface area contributed by atoms with Crippen LogP contribution < -0.4 is 10.6 Å². The first-order valence-corrected chi connectivity index (χ1v) is 11.7. The van der Waals surface area contributed by atoms with Crippen LogP contribution in [-0.2, 0) is 20.8 Å². The third-order valence-electron chi connectivity index (χ3n) is 6.49. The van der Waals surface area contributed by atoms with Crippen molar-refractivity contribution in [2.45, 2.75) is 38.5 Å². The van der Waals surface area contributed by atoms with E-state index >= 15 is 0 Å². The minimum Gasteiger partial charge on any atom is -0.481 e. The van der Waals surface area contributed by atoms with Crippen LogP contribution in [0.25, 0.3) is 0 Å². The van der Waals surface area contributed by atoms with Gasteiger partial charge in [0, 0.05) is 19.6 Å². The first kappa shape index (κ1) is 26.9. The molecule has 0 aliphatic carbocycles. The third-order valence-corrected chi connectivity index (χ3v) is 6.49. The molecule has 8 heteroatoms. The fourth-order valence-corrected chi connectivity index (χ4v) is 4.42. The van der Waals surface area contributed by atoms with Gasteiger partial charge in [-0.05, 0) is 69.2 Å². The lowest BCUT2D eigenvalue weighted by atomic mass is 9.95. The largest absolute Gasteiger partial charge is 0.481 e. The van der Waals surface area contributed by atoms with Crippen molar-refractivity contribution in [1.82, 2.24) is 15.5 Å². The van der Waals surface area contributed by atoms with E-state index in [0.29, 0.717) is 31.8 Å². The Bertz CT molecular complexity index is 796. The van der Waals surface area contributed by atoms with E-state index < -0.39 is 11.9 Å². The average Bonchev–Trinajstić information content (AvgIpc) is 2.83. The van der Waals surface area contributed by atoms with Crippen LogP contribution in [0.3, 0.4) is 0 Å². The number of hydrogen-bond donors (Lipinski definition) is 3. The number of nitrogens with zero attached hydrogens (tertiary/aromatic N) is 1. The standard InChI is InChI=1S/C25H35N3O4.ClH/c29-23(11-9-20-12-14-26-15-13-20)28-16-4-7-22(18-28)24(30)27-17-21(25(31)32)10-8-19-5-2-1-3-6-19;/h1-3,5-6,9,11,20-22,26H,4,7-8,10,12-18H2,(H,27,30)(H,31,32);1H/b11-9+;/t21-,22-;/m1./s1. The number of nitrogens with one attached hydrogen (secondary N) is 2. The van der Waals surface area contributed by atoms with Crippen molar-refractivity contribution in [3.05, 3.63) is 48.0 Å².